The molecule has 0 saturated heterocycles. The summed E-state index contributed by atoms with van der Waals surface area (Å²) in [6.45, 7) is 2.07. The van der Waals surface area contributed by atoms with Crippen molar-refractivity contribution in [2.24, 2.45) is 0 Å². The van der Waals surface area contributed by atoms with Crippen LogP contribution < -0.4 is 14.2 Å². The van der Waals surface area contributed by atoms with Crippen LogP contribution in [0.3, 0.4) is 0 Å². The van der Waals surface area contributed by atoms with Gasteiger partial charge in [0.2, 0.25) is 5.75 Å². The maximum absolute atomic E-state index is 12.1. The Bertz CT molecular complexity index is 1120. The number of carboxylic acid groups (broad SMARTS) is 1. The van der Waals surface area contributed by atoms with E-state index in [0.717, 1.165) is 35.2 Å². The number of aromatic nitrogens is 1. The Hall–Kier alpha value is -3.25. The average molecular weight is 470 g/mol. The molecule has 3 aromatic rings. The minimum Gasteiger partial charge on any atom is -0.493 e. The molecule has 0 aliphatic heterocycles. The highest BCUT2D eigenvalue weighted by molar-refractivity contribution is 6.30. The van der Waals surface area contributed by atoms with E-state index >= 15 is 0 Å². The Kier molecular flexibility index (Phi) is 8.17. The molecule has 1 heterocycles. The number of hydrogen-bond acceptors (Lipinski definition) is 5. The standard InChI is InChI=1S/C26H28ClNO5/c1-5-7-21-19(17-8-6-9-18(27)14-17)15-20(26(29)30)22(28-21)11-10-16-12-23(31-2)25(33-4)24(13-16)32-3/h6,8-9,12-15H,5,7,10-11H2,1-4H3,(H,29,30). The van der Waals surface area contributed by atoms with E-state index in [-0.39, 0.29) is 5.56 Å². The highest BCUT2D eigenvalue weighted by Crippen LogP contribution is 2.38. The smallest absolute Gasteiger partial charge is 0.337 e. The van der Waals surface area contributed by atoms with Gasteiger partial charge in [-0.3, -0.25) is 4.98 Å². The van der Waals surface area contributed by atoms with Gasteiger partial charge in [0, 0.05) is 16.3 Å². The van der Waals surface area contributed by atoms with E-state index in [1.807, 2.05) is 30.3 Å². The lowest BCUT2D eigenvalue weighted by molar-refractivity contribution is 0.0695. The van der Waals surface area contributed by atoms with Crippen molar-refractivity contribution in [2.45, 2.75) is 32.6 Å². The number of aryl methyl sites for hydroxylation is 3. The lowest BCUT2D eigenvalue weighted by Crippen LogP contribution is -2.10. The van der Waals surface area contributed by atoms with E-state index in [9.17, 15) is 9.90 Å². The lowest BCUT2D eigenvalue weighted by atomic mass is 9.96. The number of halogens is 1. The molecule has 1 aromatic heterocycles. The van der Waals surface area contributed by atoms with Crippen LogP contribution in [0, 0.1) is 0 Å². The molecule has 0 unspecified atom stereocenters. The molecule has 0 bridgehead atoms. The summed E-state index contributed by atoms with van der Waals surface area (Å²) < 4.78 is 16.2. The van der Waals surface area contributed by atoms with Crippen LogP contribution in [0.1, 0.15) is 40.7 Å². The summed E-state index contributed by atoms with van der Waals surface area (Å²) in [6.07, 6.45) is 2.64. The maximum atomic E-state index is 12.1. The fraction of sp³-hybridized carbons (Fsp3) is 0.308. The topological polar surface area (TPSA) is 77.9 Å². The second-order valence-corrected chi connectivity index (χ2v) is 8.01. The first-order chi connectivity index (χ1) is 15.9. The third-order valence-corrected chi connectivity index (χ3v) is 5.64. The van der Waals surface area contributed by atoms with Crippen LogP contribution in [0.25, 0.3) is 11.1 Å². The minimum absolute atomic E-state index is 0.192. The Morgan fingerprint density at radius 3 is 2.18 bits per heavy atom. The molecule has 0 aliphatic carbocycles. The number of rotatable bonds is 10. The first-order valence-electron chi connectivity index (χ1n) is 10.7. The van der Waals surface area contributed by atoms with E-state index in [2.05, 4.69) is 6.92 Å². The van der Waals surface area contributed by atoms with Crippen LogP contribution in [-0.4, -0.2) is 37.4 Å². The number of pyridine rings is 1. The quantitative estimate of drug-likeness (QED) is 0.400. The molecule has 2 aromatic carbocycles. The van der Waals surface area contributed by atoms with Crippen molar-refractivity contribution in [3.8, 4) is 28.4 Å². The van der Waals surface area contributed by atoms with Gasteiger partial charge < -0.3 is 19.3 Å². The van der Waals surface area contributed by atoms with Gasteiger partial charge in [-0.2, -0.15) is 0 Å². The van der Waals surface area contributed by atoms with Gasteiger partial charge >= 0.3 is 5.97 Å². The summed E-state index contributed by atoms with van der Waals surface area (Å²) >= 11 is 6.18. The van der Waals surface area contributed by atoms with Crippen LogP contribution in [0.4, 0.5) is 0 Å². The summed E-state index contributed by atoms with van der Waals surface area (Å²) in [5.74, 6) is 0.625. The summed E-state index contributed by atoms with van der Waals surface area (Å²) in [5.41, 5.74) is 4.19. The van der Waals surface area contributed by atoms with Crippen molar-refractivity contribution in [1.29, 1.82) is 0 Å². The number of aromatic carboxylic acids is 1. The molecule has 0 radical (unpaired) electrons. The molecule has 1 N–H and O–H groups in total. The van der Waals surface area contributed by atoms with E-state index in [4.69, 9.17) is 30.8 Å². The predicted octanol–water partition coefficient (Wildman–Crippen LogP) is 5.86. The SMILES string of the molecule is CCCc1nc(CCc2cc(OC)c(OC)c(OC)c2)c(C(=O)O)cc1-c1cccc(Cl)c1. The number of carboxylic acids is 1. The maximum Gasteiger partial charge on any atom is 0.337 e. The van der Waals surface area contributed by atoms with Crippen LogP contribution in [0.5, 0.6) is 17.2 Å². The monoisotopic (exact) mass is 469 g/mol. The Balaban J connectivity index is 2.01. The molecule has 0 atom stereocenters. The largest absolute Gasteiger partial charge is 0.493 e. The van der Waals surface area contributed by atoms with Gasteiger partial charge in [-0.25, -0.2) is 4.79 Å². The van der Waals surface area contributed by atoms with E-state index in [1.54, 1.807) is 33.5 Å². The molecule has 0 aliphatic rings. The zero-order valence-corrected chi connectivity index (χ0v) is 20.0. The predicted molar refractivity (Wildman–Crippen MR) is 129 cm³/mol. The van der Waals surface area contributed by atoms with Gasteiger partial charge in [-0.1, -0.05) is 37.1 Å². The number of methoxy groups -OCH3 is 3. The molecule has 0 amide bonds. The van der Waals surface area contributed by atoms with Crippen molar-refractivity contribution in [1.82, 2.24) is 4.98 Å². The van der Waals surface area contributed by atoms with Gasteiger partial charge in [-0.15, -0.1) is 0 Å². The van der Waals surface area contributed by atoms with Gasteiger partial charge in [0.15, 0.2) is 11.5 Å². The van der Waals surface area contributed by atoms with Crippen molar-refractivity contribution < 1.29 is 24.1 Å². The first-order valence-corrected chi connectivity index (χ1v) is 11.1. The van der Waals surface area contributed by atoms with E-state index in [0.29, 0.717) is 40.8 Å². The minimum atomic E-state index is -1.01. The van der Waals surface area contributed by atoms with E-state index < -0.39 is 5.97 Å². The molecule has 33 heavy (non-hydrogen) atoms. The molecule has 7 heteroatoms. The number of hydrogen-bond donors (Lipinski definition) is 1. The van der Waals surface area contributed by atoms with Crippen LogP contribution >= 0.6 is 11.6 Å². The fourth-order valence-corrected chi connectivity index (χ4v) is 4.04. The normalized spacial score (nSPS) is 10.7. The Labute approximate surface area is 199 Å². The molecule has 0 saturated carbocycles. The zero-order chi connectivity index (χ0) is 24.0. The molecular weight excluding hydrogens is 442 g/mol. The number of carbonyl (C=O) groups is 1. The number of ether oxygens (including phenoxy) is 3. The van der Waals surface area contributed by atoms with Crippen LogP contribution in [0.15, 0.2) is 42.5 Å². The van der Waals surface area contributed by atoms with Gasteiger partial charge in [0.25, 0.3) is 0 Å². The molecule has 0 fully saturated rings. The highest BCUT2D eigenvalue weighted by atomic mass is 35.5. The van der Waals surface area contributed by atoms with Gasteiger partial charge in [0.1, 0.15) is 0 Å². The lowest BCUT2D eigenvalue weighted by Gasteiger charge is -2.16. The summed E-state index contributed by atoms with van der Waals surface area (Å²) in [4.78, 5) is 16.9. The van der Waals surface area contributed by atoms with Crippen molar-refractivity contribution >= 4 is 17.6 Å². The first kappa shape index (κ1) is 24.4. The second-order valence-electron chi connectivity index (χ2n) is 7.58. The summed E-state index contributed by atoms with van der Waals surface area (Å²) in [7, 11) is 4.69. The van der Waals surface area contributed by atoms with Crippen LogP contribution in [0.2, 0.25) is 5.02 Å². The van der Waals surface area contributed by atoms with Gasteiger partial charge in [-0.05, 0) is 60.7 Å². The highest BCUT2D eigenvalue weighted by Gasteiger charge is 2.19. The van der Waals surface area contributed by atoms with E-state index in [1.165, 1.54) is 0 Å². The molecular formula is C26H28ClNO5. The second kappa shape index (κ2) is 11.1. The Morgan fingerprint density at radius 1 is 0.939 bits per heavy atom. The zero-order valence-electron chi connectivity index (χ0n) is 19.3. The molecule has 0 spiro atoms. The third kappa shape index (κ3) is 5.57. The number of nitrogens with zero attached hydrogens (tertiary/aromatic N) is 1. The molecule has 174 valence electrons. The van der Waals surface area contributed by atoms with Crippen LogP contribution in [-0.2, 0) is 19.3 Å². The van der Waals surface area contributed by atoms with Gasteiger partial charge in [0.05, 0.1) is 32.6 Å². The van der Waals surface area contributed by atoms with Crippen molar-refractivity contribution in [3.05, 3.63) is 70.0 Å². The third-order valence-electron chi connectivity index (χ3n) is 5.41. The number of benzene rings is 2. The summed E-state index contributed by atoms with van der Waals surface area (Å²) in [6, 6.07) is 12.9. The van der Waals surface area contributed by atoms with Crippen molar-refractivity contribution in [2.75, 3.05) is 21.3 Å². The Morgan fingerprint density at radius 2 is 1.64 bits per heavy atom. The molecule has 3 rings (SSSR count). The van der Waals surface area contributed by atoms with Crippen molar-refractivity contribution in [3.63, 3.8) is 0 Å². The summed E-state index contributed by atoms with van der Waals surface area (Å²) in [5, 5.41) is 10.5. The average Bonchev–Trinajstić information content (AvgIpc) is 2.81. The fourth-order valence-electron chi connectivity index (χ4n) is 3.85. The molecule has 6 nitrogen and oxygen atoms in total.